The van der Waals surface area contributed by atoms with Gasteiger partial charge >= 0.3 is 5.97 Å². The molecule has 0 saturated heterocycles. The van der Waals surface area contributed by atoms with E-state index in [4.69, 9.17) is 14.7 Å². The number of para-hydroxylation sites is 1. The highest BCUT2D eigenvalue weighted by molar-refractivity contribution is 5.91. The molecule has 3 aromatic carbocycles. The van der Waals surface area contributed by atoms with E-state index in [-0.39, 0.29) is 0 Å². The zero-order chi connectivity index (χ0) is 16.8. The minimum absolute atomic E-state index is 0.337. The van der Waals surface area contributed by atoms with Gasteiger partial charge in [-0.2, -0.15) is 5.26 Å². The van der Waals surface area contributed by atoms with Crippen LogP contribution < -0.4 is 9.47 Å². The number of carbonyl (C=O) groups excluding carboxylic acids is 1. The molecule has 3 rings (SSSR count). The van der Waals surface area contributed by atoms with Crippen LogP contribution in [0.3, 0.4) is 0 Å². The van der Waals surface area contributed by atoms with E-state index in [1.807, 2.05) is 36.4 Å². The van der Waals surface area contributed by atoms with Gasteiger partial charge in [0.15, 0.2) is 0 Å². The van der Waals surface area contributed by atoms with Gasteiger partial charge in [-0.1, -0.05) is 24.3 Å². The van der Waals surface area contributed by atoms with Crippen molar-refractivity contribution in [1.82, 2.24) is 0 Å². The van der Waals surface area contributed by atoms with Gasteiger partial charge in [-0.25, -0.2) is 4.79 Å². The number of ether oxygens (including phenoxy) is 2. The van der Waals surface area contributed by atoms with E-state index in [1.165, 1.54) is 6.07 Å². The Hall–Kier alpha value is -3.58. The molecule has 0 saturated carbocycles. The molecule has 0 fully saturated rings. The first-order chi connectivity index (χ1) is 11.7. The van der Waals surface area contributed by atoms with Crippen molar-refractivity contribution in [3.05, 3.63) is 90.0 Å². The van der Waals surface area contributed by atoms with Crippen molar-refractivity contribution in [1.29, 1.82) is 5.26 Å². The molecular formula is C20H13NO3. The molecule has 0 N–H and O–H groups in total. The van der Waals surface area contributed by atoms with E-state index in [1.54, 1.807) is 42.5 Å². The van der Waals surface area contributed by atoms with Crippen molar-refractivity contribution in [3.63, 3.8) is 0 Å². The third kappa shape index (κ3) is 3.79. The van der Waals surface area contributed by atoms with Crippen LogP contribution in [0.5, 0.6) is 17.2 Å². The van der Waals surface area contributed by atoms with Gasteiger partial charge in [0.25, 0.3) is 0 Å². The molecule has 0 aliphatic rings. The second-order valence-corrected chi connectivity index (χ2v) is 4.97. The Labute approximate surface area is 139 Å². The predicted molar refractivity (Wildman–Crippen MR) is 89.1 cm³/mol. The van der Waals surface area contributed by atoms with Crippen molar-refractivity contribution in [3.8, 4) is 23.3 Å². The first kappa shape index (κ1) is 15.3. The van der Waals surface area contributed by atoms with E-state index in [0.717, 1.165) is 5.75 Å². The molecule has 24 heavy (non-hydrogen) atoms. The molecule has 0 amide bonds. The highest BCUT2D eigenvalue weighted by Gasteiger charge is 2.09. The fourth-order valence-electron chi connectivity index (χ4n) is 2.08. The minimum Gasteiger partial charge on any atom is -0.457 e. The number of nitrogens with zero attached hydrogens (tertiary/aromatic N) is 1. The fraction of sp³-hybridized carbons (Fsp3) is 0. The normalized spacial score (nSPS) is 9.79. The lowest BCUT2D eigenvalue weighted by Crippen LogP contribution is -2.08. The number of hydrogen-bond donors (Lipinski definition) is 0. The van der Waals surface area contributed by atoms with Gasteiger partial charge in [-0.05, 0) is 54.6 Å². The Morgan fingerprint density at radius 3 is 2.17 bits per heavy atom. The van der Waals surface area contributed by atoms with Crippen molar-refractivity contribution < 1.29 is 14.3 Å². The first-order valence-corrected chi connectivity index (χ1v) is 7.30. The van der Waals surface area contributed by atoms with Crippen molar-refractivity contribution in [2.24, 2.45) is 0 Å². The molecule has 0 aromatic heterocycles. The lowest BCUT2D eigenvalue weighted by atomic mass is 10.2. The van der Waals surface area contributed by atoms with Crippen LogP contribution in [0.15, 0.2) is 78.9 Å². The highest BCUT2D eigenvalue weighted by atomic mass is 16.5. The number of nitriles is 1. The SMILES string of the molecule is N#Cc1cccc(OC(=O)c2ccc(Oc3ccccc3)cc2)c1. The van der Waals surface area contributed by atoms with E-state index < -0.39 is 5.97 Å². The summed E-state index contributed by atoms with van der Waals surface area (Å²) in [6.07, 6.45) is 0. The summed E-state index contributed by atoms with van der Waals surface area (Å²) in [7, 11) is 0. The van der Waals surface area contributed by atoms with Gasteiger partial charge in [0.1, 0.15) is 17.2 Å². The summed E-state index contributed by atoms with van der Waals surface area (Å²) >= 11 is 0. The van der Waals surface area contributed by atoms with Crippen LogP contribution in [0.1, 0.15) is 15.9 Å². The molecule has 3 aromatic rings. The molecule has 0 atom stereocenters. The molecule has 0 heterocycles. The molecule has 0 radical (unpaired) electrons. The summed E-state index contributed by atoms with van der Waals surface area (Å²) in [5, 5.41) is 8.86. The quantitative estimate of drug-likeness (QED) is 0.522. The summed E-state index contributed by atoms with van der Waals surface area (Å²) in [6, 6.07) is 24.5. The van der Waals surface area contributed by atoms with E-state index in [9.17, 15) is 4.79 Å². The standard InChI is InChI=1S/C20H13NO3/c21-14-15-5-4-8-19(13-15)24-20(22)16-9-11-18(12-10-16)23-17-6-2-1-3-7-17/h1-13H. The van der Waals surface area contributed by atoms with Crippen LogP contribution in [-0.4, -0.2) is 5.97 Å². The third-order valence-electron chi connectivity index (χ3n) is 3.24. The van der Waals surface area contributed by atoms with Gasteiger partial charge < -0.3 is 9.47 Å². The molecule has 4 nitrogen and oxygen atoms in total. The topological polar surface area (TPSA) is 59.3 Å². The Morgan fingerprint density at radius 1 is 0.792 bits per heavy atom. The van der Waals surface area contributed by atoms with Gasteiger partial charge in [-0.3, -0.25) is 0 Å². The molecule has 116 valence electrons. The largest absolute Gasteiger partial charge is 0.457 e. The minimum atomic E-state index is -0.489. The smallest absolute Gasteiger partial charge is 0.343 e. The number of rotatable bonds is 4. The Balaban J connectivity index is 1.68. The molecule has 0 bridgehead atoms. The average Bonchev–Trinajstić information content (AvgIpc) is 2.63. The molecule has 0 unspecified atom stereocenters. The maximum atomic E-state index is 12.1. The maximum absolute atomic E-state index is 12.1. The summed E-state index contributed by atoms with van der Waals surface area (Å²) in [6.45, 7) is 0. The second-order valence-electron chi connectivity index (χ2n) is 4.97. The van der Waals surface area contributed by atoms with E-state index >= 15 is 0 Å². The molecule has 0 aliphatic carbocycles. The zero-order valence-electron chi connectivity index (χ0n) is 12.7. The second kappa shape index (κ2) is 7.12. The fourth-order valence-corrected chi connectivity index (χ4v) is 2.08. The van der Waals surface area contributed by atoms with Crippen molar-refractivity contribution in [2.45, 2.75) is 0 Å². The number of benzene rings is 3. The lowest BCUT2D eigenvalue weighted by molar-refractivity contribution is 0.0735. The van der Waals surface area contributed by atoms with Crippen molar-refractivity contribution >= 4 is 5.97 Å². The van der Waals surface area contributed by atoms with Crippen LogP contribution in [0, 0.1) is 11.3 Å². The molecule has 0 spiro atoms. The Bertz CT molecular complexity index is 881. The lowest BCUT2D eigenvalue weighted by Gasteiger charge is -2.07. The number of carbonyl (C=O) groups is 1. The molecule has 4 heteroatoms. The van der Waals surface area contributed by atoms with Crippen LogP contribution in [0.25, 0.3) is 0 Å². The maximum Gasteiger partial charge on any atom is 0.343 e. The van der Waals surface area contributed by atoms with E-state index in [0.29, 0.717) is 22.6 Å². The van der Waals surface area contributed by atoms with Crippen LogP contribution in [0.4, 0.5) is 0 Å². The molecule has 0 aliphatic heterocycles. The summed E-state index contributed by atoms with van der Waals surface area (Å²) in [5.74, 6) is 1.20. The highest BCUT2D eigenvalue weighted by Crippen LogP contribution is 2.22. The van der Waals surface area contributed by atoms with E-state index in [2.05, 4.69) is 0 Å². The van der Waals surface area contributed by atoms with Gasteiger partial charge in [0.2, 0.25) is 0 Å². The third-order valence-corrected chi connectivity index (χ3v) is 3.24. The van der Waals surface area contributed by atoms with Gasteiger partial charge in [0, 0.05) is 0 Å². The first-order valence-electron chi connectivity index (χ1n) is 7.30. The van der Waals surface area contributed by atoms with Gasteiger partial charge in [0.05, 0.1) is 17.2 Å². The monoisotopic (exact) mass is 315 g/mol. The Morgan fingerprint density at radius 2 is 1.46 bits per heavy atom. The zero-order valence-corrected chi connectivity index (χ0v) is 12.7. The summed E-state index contributed by atoms with van der Waals surface area (Å²) < 4.78 is 10.9. The Kier molecular flexibility index (Phi) is 4.55. The number of hydrogen-bond acceptors (Lipinski definition) is 4. The summed E-state index contributed by atoms with van der Waals surface area (Å²) in [4.78, 5) is 12.1. The summed E-state index contributed by atoms with van der Waals surface area (Å²) in [5.41, 5.74) is 0.838. The van der Waals surface area contributed by atoms with Crippen LogP contribution >= 0.6 is 0 Å². The van der Waals surface area contributed by atoms with Crippen LogP contribution in [0.2, 0.25) is 0 Å². The average molecular weight is 315 g/mol. The predicted octanol–water partition coefficient (Wildman–Crippen LogP) is 4.57. The van der Waals surface area contributed by atoms with Gasteiger partial charge in [-0.15, -0.1) is 0 Å². The number of esters is 1. The van der Waals surface area contributed by atoms with Crippen LogP contribution in [-0.2, 0) is 0 Å². The van der Waals surface area contributed by atoms with Crippen molar-refractivity contribution in [2.75, 3.05) is 0 Å². The molecular weight excluding hydrogens is 302 g/mol.